The first-order valence-electron chi connectivity index (χ1n) is 6.19. The summed E-state index contributed by atoms with van der Waals surface area (Å²) in [6.45, 7) is 3.08. The third-order valence-electron chi connectivity index (χ3n) is 3.48. The molecule has 0 aliphatic heterocycles. The second kappa shape index (κ2) is 5.32. The number of nitrogens with zero attached hydrogens (tertiary/aromatic N) is 2. The number of aromatic nitrogens is 2. The van der Waals surface area contributed by atoms with Crippen molar-refractivity contribution < 1.29 is 0 Å². The predicted molar refractivity (Wildman–Crippen MR) is 69.4 cm³/mol. The van der Waals surface area contributed by atoms with Crippen LogP contribution in [-0.4, -0.2) is 15.8 Å². The second-order valence-electron chi connectivity index (χ2n) is 4.67. The maximum absolute atomic E-state index is 6.13. The number of rotatable bonds is 2. The molecule has 0 spiro atoms. The Morgan fingerprint density at radius 1 is 1.50 bits per heavy atom. The lowest BCUT2D eigenvalue weighted by atomic mass is 9.95. The highest BCUT2D eigenvalue weighted by molar-refractivity contribution is 9.10. The third-order valence-corrected chi connectivity index (χ3v) is 4.10. The summed E-state index contributed by atoms with van der Waals surface area (Å²) < 4.78 is 3.25. The number of hydrogen-bond acceptors (Lipinski definition) is 2. The molecule has 1 heterocycles. The zero-order valence-corrected chi connectivity index (χ0v) is 11.4. The van der Waals surface area contributed by atoms with Crippen LogP contribution in [0, 0.1) is 0 Å². The van der Waals surface area contributed by atoms with E-state index in [1.807, 2.05) is 6.20 Å². The van der Waals surface area contributed by atoms with Gasteiger partial charge < -0.3 is 5.73 Å². The molecule has 0 amide bonds. The van der Waals surface area contributed by atoms with Crippen LogP contribution >= 0.6 is 15.9 Å². The third kappa shape index (κ3) is 2.48. The van der Waals surface area contributed by atoms with Crippen molar-refractivity contribution in [2.45, 2.75) is 57.5 Å². The standard InChI is InChI=1S/C12H20BrN3/c1-2-16-12(11(13)8-15-16)9-5-3-4-6-10(14)7-9/h8-10H,2-7,14H2,1H3. The smallest absolute Gasteiger partial charge is 0.0635 e. The van der Waals surface area contributed by atoms with Crippen molar-refractivity contribution in [2.24, 2.45) is 5.73 Å². The quantitative estimate of drug-likeness (QED) is 0.849. The van der Waals surface area contributed by atoms with Gasteiger partial charge in [0.15, 0.2) is 0 Å². The Kier molecular flexibility index (Phi) is 4.03. The molecule has 1 aliphatic carbocycles. The van der Waals surface area contributed by atoms with Crippen molar-refractivity contribution >= 4 is 15.9 Å². The fraction of sp³-hybridized carbons (Fsp3) is 0.750. The second-order valence-corrected chi connectivity index (χ2v) is 5.53. The predicted octanol–water partition coefficient (Wildman–Crippen LogP) is 3.04. The van der Waals surface area contributed by atoms with Gasteiger partial charge in [0.25, 0.3) is 0 Å². The Balaban J connectivity index is 2.23. The summed E-state index contributed by atoms with van der Waals surface area (Å²) in [5.74, 6) is 0.578. The number of nitrogens with two attached hydrogens (primary N) is 1. The Labute approximate surface area is 106 Å². The minimum atomic E-state index is 0.361. The van der Waals surface area contributed by atoms with Crippen LogP contribution in [0.1, 0.15) is 50.6 Å². The Morgan fingerprint density at radius 3 is 3.00 bits per heavy atom. The van der Waals surface area contributed by atoms with E-state index in [2.05, 4.69) is 32.6 Å². The molecular formula is C12H20BrN3. The van der Waals surface area contributed by atoms with Gasteiger partial charge in [0, 0.05) is 18.5 Å². The summed E-state index contributed by atoms with van der Waals surface area (Å²) in [5.41, 5.74) is 7.47. The number of aryl methyl sites for hydroxylation is 1. The van der Waals surface area contributed by atoms with E-state index in [1.165, 1.54) is 31.4 Å². The first kappa shape index (κ1) is 12.1. The largest absolute Gasteiger partial charge is 0.328 e. The summed E-state index contributed by atoms with van der Waals surface area (Å²) >= 11 is 3.61. The van der Waals surface area contributed by atoms with Crippen molar-refractivity contribution in [3.63, 3.8) is 0 Å². The van der Waals surface area contributed by atoms with Gasteiger partial charge in [-0.1, -0.05) is 12.8 Å². The van der Waals surface area contributed by atoms with Gasteiger partial charge in [-0.3, -0.25) is 4.68 Å². The van der Waals surface area contributed by atoms with E-state index in [-0.39, 0.29) is 0 Å². The molecule has 0 saturated heterocycles. The van der Waals surface area contributed by atoms with Crippen molar-refractivity contribution in [2.75, 3.05) is 0 Å². The molecule has 3 nitrogen and oxygen atoms in total. The number of hydrogen-bond donors (Lipinski definition) is 1. The first-order chi connectivity index (χ1) is 7.72. The number of halogens is 1. The first-order valence-corrected chi connectivity index (χ1v) is 6.98. The van der Waals surface area contributed by atoms with Crippen LogP contribution in [0.3, 0.4) is 0 Å². The van der Waals surface area contributed by atoms with Gasteiger partial charge >= 0.3 is 0 Å². The summed E-state index contributed by atoms with van der Waals surface area (Å²) in [5, 5.41) is 4.39. The van der Waals surface area contributed by atoms with Gasteiger partial charge in [0.1, 0.15) is 0 Å². The van der Waals surface area contributed by atoms with Crippen LogP contribution in [0.2, 0.25) is 0 Å². The molecule has 1 aliphatic rings. The summed E-state index contributed by atoms with van der Waals surface area (Å²) in [6.07, 6.45) is 8.00. The highest BCUT2D eigenvalue weighted by atomic mass is 79.9. The lowest BCUT2D eigenvalue weighted by Crippen LogP contribution is -2.22. The van der Waals surface area contributed by atoms with Crippen molar-refractivity contribution in [1.29, 1.82) is 0 Å². The molecule has 2 rings (SSSR count). The normalized spacial score (nSPS) is 26.7. The van der Waals surface area contributed by atoms with E-state index in [4.69, 9.17) is 5.73 Å². The molecule has 2 atom stereocenters. The van der Waals surface area contributed by atoms with Crippen LogP contribution < -0.4 is 5.73 Å². The lowest BCUT2D eigenvalue weighted by molar-refractivity contribution is 0.489. The van der Waals surface area contributed by atoms with Crippen LogP contribution in [0.4, 0.5) is 0 Å². The Morgan fingerprint density at radius 2 is 2.25 bits per heavy atom. The zero-order chi connectivity index (χ0) is 11.5. The highest BCUT2D eigenvalue weighted by Gasteiger charge is 2.24. The van der Waals surface area contributed by atoms with E-state index < -0.39 is 0 Å². The van der Waals surface area contributed by atoms with Gasteiger partial charge in [-0.15, -0.1) is 0 Å². The molecule has 90 valence electrons. The maximum Gasteiger partial charge on any atom is 0.0635 e. The van der Waals surface area contributed by atoms with E-state index in [0.29, 0.717) is 12.0 Å². The van der Waals surface area contributed by atoms with Gasteiger partial charge in [-0.25, -0.2) is 0 Å². The van der Waals surface area contributed by atoms with E-state index >= 15 is 0 Å². The van der Waals surface area contributed by atoms with E-state index in [0.717, 1.165) is 17.4 Å². The molecule has 1 fully saturated rings. The molecule has 16 heavy (non-hydrogen) atoms. The zero-order valence-electron chi connectivity index (χ0n) is 9.82. The van der Waals surface area contributed by atoms with Crippen LogP contribution in [-0.2, 0) is 6.54 Å². The SMILES string of the molecule is CCn1ncc(Br)c1C1CCCCC(N)C1. The molecule has 0 radical (unpaired) electrons. The summed E-state index contributed by atoms with van der Waals surface area (Å²) in [7, 11) is 0. The van der Waals surface area contributed by atoms with E-state index in [1.54, 1.807) is 0 Å². The molecule has 2 unspecified atom stereocenters. The van der Waals surface area contributed by atoms with Crippen LogP contribution in [0.15, 0.2) is 10.7 Å². The maximum atomic E-state index is 6.13. The highest BCUT2D eigenvalue weighted by Crippen LogP contribution is 2.35. The lowest BCUT2D eigenvalue weighted by Gasteiger charge is -2.19. The topological polar surface area (TPSA) is 43.8 Å². The average Bonchev–Trinajstić information content (AvgIpc) is 2.50. The van der Waals surface area contributed by atoms with Crippen LogP contribution in [0.25, 0.3) is 0 Å². The fourth-order valence-corrected chi connectivity index (χ4v) is 3.30. The Bertz CT molecular complexity index is 348. The molecular weight excluding hydrogens is 266 g/mol. The fourth-order valence-electron chi connectivity index (χ4n) is 2.68. The molecule has 0 aromatic carbocycles. The molecule has 1 aromatic rings. The van der Waals surface area contributed by atoms with Gasteiger partial charge in [-0.2, -0.15) is 5.10 Å². The summed E-state index contributed by atoms with van der Waals surface area (Å²) in [4.78, 5) is 0. The molecule has 1 saturated carbocycles. The van der Waals surface area contributed by atoms with Gasteiger partial charge in [0.05, 0.1) is 16.4 Å². The monoisotopic (exact) mass is 285 g/mol. The van der Waals surface area contributed by atoms with Gasteiger partial charge in [-0.05, 0) is 42.1 Å². The minimum Gasteiger partial charge on any atom is -0.328 e. The van der Waals surface area contributed by atoms with Crippen molar-refractivity contribution in [1.82, 2.24) is 9.78 Å². The van der Waals surface area contributed by atoms with Crippen LogP contribution in [0.5, 0.6) is 0 Å². The summed E-state index contributed by atoms with van der Waals surface area (Å²) in [6, 6.07) is 0.361. The molecule has 2 N–H and O–H groups in total. The molecule has 1 aromatic heterocycles. The van der Waals surface area contributed by atoms with E-state index in [9.17, 15) is 0 Å². The van der Waals surface area contributed by atoms with Gasteiger partial charge in [0.2, 0.25) is 0 Å². The van der Waals surface area contributed by atoms with Crippen molar-refractivity contribution in [3.05, 3.63) is 16.4 Å². The Hall–Kier alpha value is -0.350. The minimum absolute atomic E-state index is 0.361. The molecule has 4 heteroatoms. The van der Waals surface area contributed by atoms with Crippen molar-refractivity contribution in [3.8, 4) is 0 Å². The molecule has 0 bridgehead atoms. The average molecular weight is 286 g/mol.